The molecule has 1 aliphatic carbocycles. The number of pyridine rings is 1. The van der Waals surface area contributed by atoms with E-state index in [0.717, 1.165) is 30.8 Å². The standard InChI is InChI=1S/C13H19ClN2O/c1-2-9-17-11-5-3-8-15-12(11)16-13(10-14)6-4-7-13/h3,5,8H,2,4,6-7,9-10H2,1H3,(H,15,16). The van der Waals surface area contributed by atoms with Crippen LogP contribution in [0.1, 0.15) is 32.6 Å². The predicted molar refractivity (Wildman–Crippen MR) is 70.9 cm³/mol. The van der Waals surface area contributed by atoms with Crippen LogP contribution < -0.4 is 10.1 Å². The fourth-order valence-corrected chi connectivity index (χ4v) is 2.29. The molecule has 0 amide bonds. The van der Waals surface area contributed by atoms with Crippen LogP contribution in [0, 0.1) is 0 Å². The van der Waals surface area contributed by atoms with Crippen LogP contribution in [0.25, 0.3) is 0 Å². The molecule has 17 heavy (non-hydrogen) atoms. The first kappa shape index (κ1) is 12.5. The molecule has 1 fully saturated rings. The van der Waals surface area contributed by atoms with E-state index < -0.39 is 0 Å². The van der Waals surface area contributed by atoms with E-state index in [9.17, 15) is 0 Å². The second-order valence-electron chi connectivity index (χ2n) is 4.59. The maximum Gasteiger partial charge on any atom is 0.169 e. The smallest absolute Gasteiger partial charge is 0.169 e. The van der Waals surface area contributed by atoms with Gasteiger partial charge >= 0.3 is 0 Å². The molecule has 1 N–H and O–H groups in total. The van der Waals surface area contributed by atoms with Crippen LogP contribution in [-0.4, -0.2) is 23.0 Å². The third kappa shape index (κ3) is 2.83. The summed E-state index contributed by atoms with van der Waals surface area (Å²) in [5, 5.41) is 3.45. The maximum atomic E-state index is 6.04. The van der Waals surface area contributed by atoms with Gasteiger partial charge in [0, 0.05) is 12.1 Å². The predicted octanol–water partition coefficient (Wildman–Crippen LogP) is 3.44. The van der Waals surface area contributed by atoms with Gasteiger partial charge in [0.05, 0.1) is 12.1 Å². The van der Waals surface area contributed by atoms with Crippen molar-refractivity contribution in [1.82, 2.24) is 4.98 Å². The minimum Gasteiger partial charge on any atom is -0.490 e. The topological polar surface area (TPSA) is 34.1 Å². The monoisotopic (exact) mass is 254 g/mol. The molecular weight excluding hydrogens is 236 g/mol. The van der Waals surface area contributed by atoms with Gasteiger partial charge in [-0.3, -0.25) is 0 Å². The lowest BCUT2D eigenvalue weighted by atomic mass is 9.78. The fraction of sp³-hybridized carbons (Fsp3) is 0.615. The lowest BCUT2D eigenvalue weighted by molar-refractivity contribution is 0.298. The Labute approximate surface area is 108 Å². The minimum atomic E-state index is 0.0280. The molecule has 1 heterocycles. The Kier molecular flexibility index (Phi) is 4.11. The molecular formula is C13H19ClN2O. The lowest BCUT2D eigenvalue weighted by Crippen LogP contribution is -2.47. The molecule has 0 spiro atoms. The van der Waals surface area contributed by atoms with Gasteiger partial charge in [-0.25, -0.2) is 4.98 Å². The highest BCUT2D eigenvalue weighted by Crippen LogP contribution is 2.37. The van der Waals surface area contributed by atoms with Gasteiger partial charge in [-0.2, -0.15) is 0 Å². The molecule has 0 saturated heterocycles. The summed E-state index contributed by atoms with van der Waals surface area (Å²) >= 11 is 6.04. The van der Waals surface area contributed by atoms with Crippen molar-refractivity contribution < 1.29 is 4.74 Å². The van der Waals surface area contributed by atoms with Crippen molar-refractivity contribution >= 4 is 17.4 Å². The molecule has 0 atom stereocenters. The number of nitrogens with zero attached hydrogens (tertiary/aromatic N) is 1. The van der Waals surface area contributed by atoms with Crippen molar-refractivity contribution in [2.75, 3.05) is 17.8 Å². The summed E-state index contributed by atoms with van der Waals surface area (Å²) in [5.74, 6) is 2.27. The summed E-state index contributed by atoms with van der Waals surface area (Å²) in [6.45, 7) is 2.81. The van der Waals surface area contributed by atoms with Gasteiger partial charge < -0.3 is 10.1 Å². The molecule has 0 aliphatic heterocycles. The number of nitrogens with one attached hydrogen (secondary N) is 1. The van der Waals surface area contributed by atoms with Gasteiger partial charge in [-0.1, -0.05) is 6.92 Å². The Morgan fingerprint density at radius 2 is 2.35 bits per heavy atom. The Hall–Kier alpha value is -0.960. The maximum absolute atomic E-state index is 6.04. The number of anilines is 1. The Balaban J connectivity index is 2.08. The zero-order chi connectivity index (χ0) is 12.1. The third-order valence-electron chi connectivity index (χ3n) is 3.18. The molecule has 3 nitrogen and oxygen atoms in total. The van der Waals surface area contributed by atoms with E-state index in [2.05, 4.69) is 17.2 Å². The van der Waals surface area contributed by atoms with Crippen LogP contribution in [0.3, 0.4) is 0 Å². The first-order valence-corrected chi connectivity index (χ1v) is 6.75. The van der Waals surface area contributed by atoms with Crippen molar-refractivity contribution in [2.45, 2.75) is 38.1 Å². The van der Waals surface area contributed by atoms with Crippen molar-refractivity contribution in [1.29, 1.82) is 0 Å². The normalized spacial score (nSPS) is 17.3. The van der Waals surface area contributed by atoms with E-state index in [4.69, 9.17) is 16.3 Å². The van der Waals surface area contributed by atoms with Crippen molar-refractivity contribution in [3.8, 4) is 5.75 Å². The number of aromatic nitrogens is 1. The van der Waals surface area contributed by atoms with Gasteiger partial charge in [-0.05, 0) is 37.8 Å². The highest BCUT2D eigenvalue weighted by atomic mass is 35.5. The Bertz CT molecular complexity index is 361. The molecule has 1 saturated carbocycles. The Morgan fingerprint density at radius 3 is 2.94 bits per heavy atom. The van der Waals surface area contributed by atoms with Crippen LogP contribution in [0.15, 0.2) is 18.3 Å². The van der Waals surface area contributed by atoms with E-state index in [0.29, 0.717) is 12.5 Å². The molecule has 2 rings (SSSR count). The number of hydrogen-bond acceptors (Lipinski definition) is 3. The SMILES string of the molecule is CCCOc1cccnc1NC1(CCl)CCC1. The van der Waals surface area contributed by atoms with E-state index in [-0.39, 0.29) is 5.54 Å². The second-order valence-corrected chi connectivity index (χ2v) is 4.86. The summed E-state index contributed by atoms with van der Waals surface area (Å²) in [6, 6.07) is 3.84. The van der Waals surface area contributed by atoms with Gasteiger partial charge in [0.2, 0.25) is 0 Å². The molecule has 0 aromatic carbocycles. The van der Waals surface area contributed by atoms with Crippen molar-refractivity contribution in [3.63, 3.8) is 0 Å². The molecule has 0 unspecified atom stereocenters. The van der Waals surface area contributed by atoms with Crippen LogP contribution in [0.5, 0.6) is 5.75 Å². The average molecular weight is 255 g/mol. The van der Waals surface area contributed by atoms with Crippen LogP contribution in [-0.2, 0) is 0 Å². The van der Waals surface area contributed by atoms with Gasteiger partial charge in [-0.15, -0.1) is 11.6 Å². The highest BCUT2D eigenvalue weighted by molar-refractivity contribution is 6.19. The van der Waals surface area contributed by atoms with Crippen LogP contribution in [0.2, 0.25) is 0 Å². The summed E-state index contributed by atoms with van der Waals surface area (Å²) in [4.78, 5) is 4.35. The van der Waals surface area contributed by atoms with E-state index in [1.165, 1.54) is 6.42 Å². The first-order valence-electron chi connectivity index (χ1n) is 6.21. The largest absolute Gasteiger partial charge is 0.490 e. The molecule has 1 aromatic heterocycles. The Morgan fingerprint density at radius 1 is 1.53 bits per heavy atom. The zero-order valence-electron chi connectivity index (χ0n) is 10.2. The number of halogens is 1. The number of alkyl halides is 1. The number of rotatable bonds is 6. The fourth-order valence-electron chi connectivity index (χ4n) is 1.96. The van der Waals surface area contributed by atoms with Crippen LogP contribution >= 0.6 is 11.6 Å². The summed E-state index contributed by atoms with van der Waals surface area (Å²) in [6.07, 6.45) is 6.23. The lowest BCUT2D eigenvalue weighted by Gasteiger charge is -2.41. The second kappa shape index (κ2) is 5.58. The zero-order valence-corrected chi connectivity index (χ0v) is 11.0. The highest BCUT2D eigenvalue weighted by Gasteiger charge is 2.36. The molecule has 94 valence electrons. The first-order chi connectivity index (χ1) is 8.29. The van der Waals surface area contributed by atoms with Gasteiger partial charge in [0.1, 0.15) is 0 Å². The number of ether oxygens (including phenoxy) is 1. The quantitative estimate of drug-likeness (QED) is 0.790. The molecule has 1 aromatic rings. The molecule has 4 heteroatoms. The summed E-state index contributed by atoms with van der Waals surface area (Å²) in [5.41, 5.74) is 0.0280. The summed E-state index contributed by atoms with van der Waals surface area (Å²) in [7, 11) is 0. The van der Waals surface area contributed by atoms with E-state index in [1.807, 2.05) is 12.1 Å². The minimum absolute atomic E-state index is 0.0280. The van der Waals surface area contributed by atoms with Crippen LogP contribution in [0.4, 0.5) is 5.82 Å². The van der Waals surface area contributed by atoms with Crippen molar-refractivity contribution in [2.24, 2.45) is 0 Å². The average Bonchev–Trinajstić information content (AvgIpc) is 2.32. The van der Waals surface area contributed by atoms with E-state index in [1.54, 1.807) is 6.20 Å². The van der Waals surface area contributed by atoms with Gasteiger partial charge in [0.25, 0.3) is 0 Å². The third-order valence-corrected chi connectivity index (χ3v) is 3.69. The van der Waals surface area contributed by atoms with Gasteiger partial charge in [0.15, 0.2) is 11.6 Å². The summed E-state index contributed by atoms with van der Waals surface area (Å²) < 4.78 is 5.68. The molecule has 1 aliphatic rings. The molecule has 0 bridgehead atoms. The van der Waals surface area contributed by atoms with Crippen molar-refractivity contribution in [3.05, 3.63) is 18.3 Å². The number of hydrogen-bond donors (Lipinski definition) is 1. The molecule has 0 radical (unpaired) electrons. The van der Waals surface area contributed by atoms with E-state index >= 15 is 0 Å².